The van der Waals surface area contributed by atoms with E-state index in [1.165, 1.54) is 19.2 Å². The van der Waals surface area contributed by atoms with E-state index < -0.39 is 224 Å². The lowest BCUT2D eigenvalue weighted by atomic mass is 9.32. The summed E-state index contributed by atoms with van der Waals surface area (Å²) in [6.45, 7) is 12.0. The SMILES string of the molecule is COC(=O)[C@H]1[C@H](O[C@H]2OC[C@@H](OC(=O)c3ccccc3)[C@@H](OC(=O)c3ccccc3)[C@@H]2O)C(C)(C)C[C@H]2C3=CC[C@@H]4[C@@]5(C)CC[C@H](O[C@@H]6O[C@H](C(=O)O)[C@@H](O)[C@H](O[C@@H]7OC[C@@H](O)[C@H](O)[C@H]7O)[C@H]6O[C@@H]6O[C@H](CO)[C@H](O)[C@H](O)[C@H]6O)C(C)(C)[C@@H]5CC[C@@]4(C)[C@]3(C)C[C@@H](O)[C@]21CO. The van der Waals surface area contributed by atoms with E-state index in [1.807, 2.05) is 27.7 Å². The summed E-state index contributed by atoms with van der Waals surface area (Å²) in [6.07, 6.45) is -30.4. The van der Waals surface area contributed by atoms with Crippen LogP contribution < -0.4 is 0 Å². The molecule has 0 radical (unpaired) electrons. The zero-order valence-electron chi connectivity index (χ0n) is 54.6. The van der Waals surface area contributed by atoms with Crippen LogP contribution in [0.15, 0.2) is 72.3 Å². The molecule has 0 spiro atoms. The van der Waals surface area contributed by atoms with Gasteiger partial charge in [0, 0.05) is 5.41 Å². The van der Waals surface area contributed by atoms with Crippen molar-refractivity contribution in [3.05, 3.63) is 83.4 Å². The number of methoxy groups -OCH3 is 1. The molecule has 95 heavy (non-hydrogen) atoms. The van der Waals surface area contributed by atoms with Crippen molar-refractivity contribution in [3.63, 3.8) is 0 Å². The van der Waals surface area contributed by atoms with Crippen LogP contribution in [0.4, 0.5) is 0 Å². The predicted molar refractivity (Wildman–Crippen MR) is 324 cm³/mol. The van der Waals surface area contributed by atoms with E-state index >= 15 is 0 Å². The van der Waals surface area contributed by atoms with Crippen molar-refractivity contribution in [3.8, 4) is 0 Å². The van der Waals surface area contributed by atoms with Gasteiger partial charge in [0.1, 0.15) is 67.1 Å². The van der Waals surface area contributed by atoms with Crippen molar-refractivity contribution in [2.45, 2.75) is 222 Å². The molecule has 4 aliphatic heterocycles. The van der Waals surface area contributed by atoms with Crippen LogP contribution in [0.3, 0.4) is 0 Å². The molecule has 0 unspecified atom stereocenters. The quantitative estimate of drug-likeness (QED) is 0.0480. The number of esters is 3. The van der Waals surface area contributed by atoms with Gasteiger partial charge >= 0.3 is 23.9 Å². The fraction of sp³-hybridized carbons (Fsp3) is 0.735. The van der Waals surface area contributed by atoms with E-state index in [-0.39, 0.29) is 35.8 Å². The fourth-order valence-corrected chi connectivity index (χ4v) is 18.7. The zero-order valence-corrected chi connectivity index (χ0v) is 54.6. The zero-order chi connectivity index (χ0) is 68.8. The number of rotatable bonds is 16. The van der Waals surface area contributed by atoms with Gasteiger partial charge in [-0.1, -0.05) is 96.5 Å². The lowest BCUT2D eigenvalue weighted by Crippen LogP contribution is -2.72. The van der Waals surface area contributed by atoms with E-state index in [0.717, 1.165) is 5.57 Å². The summed E-state index contributed by atoms with van der Waals surface area (Å²) in [5.41, 5.74) is -3.84. The van der Waals surface area contributed by atoms with Crippen LogP contribution in [0.5, 0.6) is 0 Å². The summed E-state index contributed by atoms with van der Waals surface area (Å²) >= 11 is 0. The Labute approximate surface area is 550 Å². The molecule has 27 heteroatoms. The Morgan fingerprint density at radius 2 is 1.21 bits per heavy atom. The van der Waals surface area contributed by atoms with Crippen LogP contribution >= 0.6 is 0 Å². The van der Waals surface area contributed by atoms with E-state index in [1.54, 1.807) is 48.5 Å². The molecule has 9 aliphatic rings. The molecule has 29 atom stereocenters. The first-order valence-corrected chi connectivity index (χ1v) is 32.9. The molecule has 4 heterocycles. The molecule has 2 aromatic rings. The van der Waals surface area contributed by atoms with Crippen molar-refractivity contribution in [1.29, 1.82) is 0 Å². The number of aliphatic hydroxyl groups is 11. The second-order valence-corrected chi connectivity index (χ2v) is 29.7. The molecule has 0 aromatic heterocycles. The van der Waals surface area contributed by atoms with Gasteiger partial charge in [-0.3, -0.25) is 4.79 Å². The average molecular weight is 1340 g/mol. The topological polar surface area (TPSA) is 413 Å². The molecule has 5 aliphatic carbocycles. The molecule has 12 N–H and O–H groups in total. The maximum Gasteiger partial charge on any atom is 0.338 e. The van der Waals surface area contributed by atoms with Crippen LogP contribution in [0.2, 0.25) is 0 Å². The maximum atomic E-state index is 14.8. The summed E-state index contributed by atoms with van der Waals surface area (Å²) in [5.74, 6) is -6.24. The highest BCUT2D eigenvalue weighted by atomic mass is 16.8. The number of carboxylic acid groups (broad SMARTS) is 1. The molecular formula is C68H94O27. The number of hydrogen-bond acceptors (Lipinski definition) is 26. The minimum Gasteiger partial charge on any atom is -0.479 e. The molecule has 11 rings (SSSR count). The number of carbonyl (C=O) groups is 4. The van der Waals surface area contributed by atoms with Gasteiger partial charge in [-0.05, 0) is 114 Å². The van der Waals surface area contributed by atoms with Gasteiger partial charge in [0.25, 0.3) is 0 Å². The molecule has 528 valence electrons. The number of allylic oxidation sites excluding steroid dienone is 2. The second kappa shape index (κ2) is 27.1. The number of fused-ring (bicyclic) bond motifs is 7. The Hall–Kier alpha value is -4.70. The van der Waals surface area contributed by atoms with Crippen molar-refractivity contribution in [1.82, 2.24) is 0 Å². The van der Waals surface area contributed by atoms with Gasteiger partial charge in [0.2, 0.25) is 0 Å². The van der Waals surface area contributed by atoms with Gasteiger partial charge in [0.05, 0.1) is 68.9 Å². The highest BCUT2D eigenvalue weighted by Gasteiger charge is 2.74. The van der Waals surface area contributed by atoms with Crippen LogP contribution in [-0.4, -0.2) is 248 Å². The van der Waals surface area contributed by atoms with Gasteiger partial charge in [-0.2, -0.15) is 0 Å². The van der Waals surface area contributed by atoms with Crippen LogP contribution in [0.25, 0.3) is 0 Å². The first-order valence-electron chi connectivity index (χ1n) is 32.9. The molecule has 2 aromatic carbocycles. The third-order valence-corrected chi connectivity index (χ3v) is 24.0. The smallest absolute Gasteiger partial charge is 0.338 e. The Morgan fingerprint density at radius 1 is 0.600 bits per heavy atom. The van der Waals surface area contributed by atoms with Gasteiger partial charge in [0.15, 0.2) is 43.5 Å². The fourth-order valence-electron chi connectivity index (χ4n) is 18.7. The number of carbonyl (C=O) groups excluding carboxylic acids is 3. The average Bonchev–Trinajstić information content (AvgIpc) is 0.669. The number of ether oxygens (including phenoxy) is 11. The standard InChI is InChI=1S/C68H94O27/c1-63(2)25-34-33-19-20-39-65(5)23-22-41(90-62-53(94-61-47(77)45(75)44(74)36(27-69)89-61)51(48(78)52(93-62)55(80)81)92-59-46(76)43(73)35(71)28-86-59)64(3,4)38(65)21-24-66(39,6)67(33,7)26-40(72)68(34,30-70)42(58(84)85-8)54(63)95-60-49(79)50(91-57(83)32-17-13-10-14-18-32)37(29-87-60)88-56(82)31-15-11-9-12-16-31/h9-19,34-54,59-62,69-79H,20-30H2,1-8H3,(H,80,81)/t34-,35+,36+,37+,38-,39+,40+,41-,42+,43-,44-,45-,46+,47+,48-,49-,50+,51-,52-,53+,54-,59-,60+,61-,62+,65-,66+,67+,68-/m0/s1. The highest BCUT2D eigenvalue weighted by molar-refractivity contribution is 5.90. The Kier molecular flexibility index (Phi) is 20.4. The van der Waals surface area contributed by atoms with Crippen LogP contribution in [-0.2, 0) is 61.7 Å². The number of hydrogen-bond donors (Lipinski definition) is 12. The molecule has 8 fully saturated rings. The normalized spacial score (nSPS) is 46.1. The summed E-state index contributed by atoms with van der Waals surface area (Å²) in [4.78, 5) is 55.0. The first-order chi connectivity index (χ1) is 44.8. The third kappa shape index (κ3) is 12.2. The molecule has 4 saturated heterocycles. The van der Waals surface area contributed by atoms with Crippen molar-refractivity contribution in [2.75, 3.05) is 33.5 Å². The Balaban J connectivity index is 0.871. The lowest BCUT2D eigenvalue weighted by molar-refractivity contribution is -0.392. The molecule has 4 saturated carbocycles. The van der Waals surface area contributed by atoms with E-state index in [2.05, 4.69) is 26.8 Å². The number of benzene rings is 2. The molecule has 0 bridgehead atoms. The van der Waals surface area contributed by atoms with Crippen LogP contribution in [0.1, 0.15) is 114 Å². The van der Waals surface area contributed by atoms with Crippen molar-refractivity contribution in [2.24, 2.45) is 56.2 Å². The number of carboxylic acids is 1. The summed E-state index contributed by atoms with van der Waals surface area (Å²) in [7, 11) is 1.21. The third-order valence-electron chi connectivity index (χ3n) is 24.0. The van der Waals surface area contributed by atoms with Gasteiger partial charge < -0.3 is 113 Å². The molecule has 27 nitrogen and oxygen atoms in total. The van der Waals surface area contributed by atoms with Crippen molar-refractivity contribution >= 4 is 23.9 Å². The highest BCUT2D eigenvalue weighted by Crippen LogP contribution is 2.76. The Morgan fingerprint density at radius 3 is 1.83 bits per heavy atom. The maximum absolute atomic E-state index is 14.8. The summed E-state index contributed by atoms with van der Waals surface area (Å²) < 4.78 is 67.0. The number of aliphatic carboxylic acids is 1. The van der Waals surface area contributed by atoms with E-state index in [9.17, 15) is 80.5 Å². The second-order valence-electron chi connectivity index (χ2n) is 29.7. The van der Waals surface area contributed by atoms with Crippen LogP contribution in [0, 0.1) is 56.2 Å². The first kappa shape index (κ1) is 71.6. The van der Waals surface area contributed by atoms with Crippen molar-refractivity contribution < 1.29 is 133 Å². The minimum atomic E-state index is -2.14. The van der Waals surface area contributed by atoms with Gasteiger partial charge in [-0.15, -0.1) is 0 Å². The summed E-state index contributed by atoms with van der Waals surface area (Å²) in [6, 6.07) is 16.1. The minimum absolute atomic E-state index is 0.0568. The monoisotopic (exact) mass is 1340 g/mol. The Bertz CT molecular complexity index is 3100. The molecule has 0 amide bonds. The van der Waals surface area contributed by atoms with E-state index in [4.69, 9.17) is 52.1 Å². The molecular weight excluding hydrogens is 1250 g/mol. The lowest BCUT2D eigenvalue weighted by Gasteiger charge is -2.73. The largest absolute Gasteiger partial charge is 0.479 e. The number of aliphatic hydroxyl groups excluding tert-OH is 11. The summed E-state index contributed by atoms with van der Waals surface area (Å²) in [5, 5.41) is 135. The van der Waals surface area contributed by atoms with E-state index in [0.29, 0.717) is 32.1 Å². The predicted octanol–water partition coefficient (Wildman–Crippen LogP) is 0.879. The van der Waals surface area contributed by atoms with Gasteiger partial charge in [-0.25, -0.2) is 14.4 Å².